The Labute approximate surface area is 83.6 Å². The molecule has 7 heavy (non-hydrogen) atoms. The van der Waals surface area contributed by atoms with Crippen LogP contribution in [0.4, 0.5) is 0 Å². The van der Waals surface area contributed by atoms with Crippen molar-refractivity contribution in [3.8, 4) is 0 Å². The van der Waals surface area contributed by atoms with E-state index in [4.69, 9.17) is 9.90 Å². The summed E-state index contributed by atoms with van der Waals surface area (Å²) in [5, 5.41) is 7.42. The molecule has 0 aromatic heterocycles. The predicted octanol–water partition coefficient (Wildman–Crippen LogP) is 0.704. The molecule has 0 amide bonds. The Morgan fingerprint density at radius 1 is 1.57 bits per heavy atom. The van der Waals surface area contributed by atoms with Gasteiger partial charge >= 0.3 is 0 Å². The zero-order valence-corrected chi connectivity index (χ0v) is 8.21. The van der Waals surface area contributed by atoms with Crippen LogP contribution < -0.4 is 0 Å². The van der Waals surface area contributed by atoms with Gasteiger partial charge in [0.1, 0.15) is 0 Å². The van der Waals surface area contributed by atoms with Crippen molar-refractivity contribution < 1.29 is 47.4 Å². The minimum atomic E-state index is -0.833. The van der Waals surface area contributed by atoms with Gasteiger partial charge in [0, 0.05) is 44.4 Å². The first-order valence-electron chi connectivity index (χ1n) is 0.928. The quantitative estimate of drug-likeness (QED) is 0.512. The SMILES string of the molecule is CC(=O)O.I.[Cu].[Pd]. The molecule has 0 aliphatic heterocycles. The summed E-state index contributed by atoms with van der Waals surface area (Å²) in [6, 6.07) is 0. The Bertz CT molecular complexity index is 38.7. The molecule has 0 unspecified atom stereocenters. The van der Waals surface area contributed by atoms with Crippen LogP contribution in [-0.4, -0.2) is 11.1 Å². The Morgan fingerprint density at radius 3 is 1.57 bits per heavy atom. The number of hydrogen-bond acceptors (Lipinski definition) is 1. The van der Waals surface area contributed by atoms with Crippen molar-refractivity contribution >= 4 is 29.9 Å². The van der Waals surface area contributed by atoms with Crippen LogP contribution in [-0.2, 0) is 42.3 Å². The molecule has 0 aromatic carbocycles. The average Bonchev–Trinajstić information content (AvgIpc) is 0.811. The van der Waals surface area contributed by atoms with E-state index in [0.717, 1.165) is 6.92 Å². The van der Waals surface area contributed by atoms with Crippen LogP contribution in [0.15, 0.2) is 0 Å². The van der Waals surface area contributed by atoms with Crippen LogP contribution in [0.2, 0.25) is 0 Å². The van der Waals surface area contributed by atoms with Crippen LogP contribution >= 0.6 is 24.0 Å². The Kier molecular flexibility index (Phi) is 53.2. The normalized spacial score (nSPS) is 3.57. The smallest absolute Gasteiger partial charge is 0.300 e. The molecular formula is C2H5CuIO2Pd. The van der Waals surface area contributed by atoms with E-state index in [0.29, 0.717) is 0 Å². The van der Waals surface area contributed by atoms with Gasteiger partial charge in [-0.25, -0.2) is 0 Å². The number of carbonyl (C=O) groups is 1. The molecule has 0 fully saturated rings. The predicted molar refractivity (Wildman–Crippen MR) is 28.7 cm³/mol. The summed E-state index contributed by atoms with van der Waals surface area (Å²) < 4.78 is 0. The molecule has 0 aliphatic carbocycles. The van der Waals surface area contributed by atoms with E-state index in [1.807, 2.05) is 0 Å². The first kappa shape index (κ1) is 23.8. The maximum Gasteiger partial charge on any atom is 0.300 e. The Balaban J connectivity index is -0.0000000150. The van der Waals surface area contributed by atoms with E-state index in [1.165, 1.54) is 0 Å². The molecule has 0 spiro atoms. The summed E-state index contributed by atoms with van der Waals surface area (Å²) in [7, 11) is 0. The van der Waals surface area contributed by atoms with Gasteiger partial charge in [-0.05, 0) is 0 Å². The van der Waals surface area contributed by atoms with Crippen molar-refractivity contribution in [1.82, 2.24) is 0 Å². The van der Waals surface area contributed by atoms with Gasteiger partial charge in [-0.15, -0.1) is 24.0 Å². The van der Waals surface area contributed by atoms with Crippen molar-refractivity contribution in [2.75, 3.05) is 0 Å². The molecule has 2 nitrogen and oxygen atoms in total. The molecule has 0 heterocycles. The largest absolute Gasteiger partial charge is 0.481 e. The van der Waals surface area contributed by atoms with Crippen molar-refractivity contribution in [3.05, 3.63) is 0 Å². The average molecular weight is 358 g/mol. The fourth-order valence-corrected chi connectivity index (χ4v) is 0. The molecule has 1 radical (unpaired) electrons. The third-order valence-electron chi connectivity index (χ3n) is 0. The summed E-state index contributed by atoms with van der Waals surface area (Å²) in [6.07, 6.45) is 0. The van der Waals surface area contributed by atoms with E-state index in [-0.39, 0.29) is 61.5 Å². The number of aliphatic carboxylic acids is 1. The molecule has 0 saturated heterocycles. The maximum atomic E-state index is 9.00. The van der Waals surface area contributed by atoms with Gasteiger partial charge < -0.3 is 5.11 Å². The van der Waals surface area contributed by atoms with E-state index in [9.17, 15) is 0 Å². The zero-order chi connectivity index (χ0) is 3.58. The number of halogens is 1. The molecule has 1 N–H and O–H groups in total. The van der Waals surface area contributed by atoms with Crippen LogP contribution in [0.3, 0.4) is 0 Å². The molecule has 0 aliphatic rings. The van der Waals surface area contributed by atoms with E-state index in [2.05, 4.69) is 0 Å². The van der Waals surface area contributed by atoms with E-state index >= 15 is 0 Å². The summed E-state index contributed by atoms with van der Waals surface area (Å²) in [6.45, 7) is 1.08. The topological polar surface area (TPSA) is 37.3 Å². The summed E-state index contributed by atoms with van der Waals surface area (Å²) >= 11 is 0. The van der Waals surface area contributed by atoms with Gasteiger partial charge in [-0.3, -0.25) is 4.79 Å². The standard InChI is InChI=1S/C2H4O2.Cu.HI.Pd/c1-2(3)4;;;/h1H3,(H,3,4);;1H;. The van der Waals surface area contributed by atoms with Gasteiger partial charge in [0.15, 0.2) is 0 Å². The first-order valence-corrected chi connectivity index (χ1v) is 0.928. The molecule has 0 rings (SSSR count). The van der Waals surface area contributed by atoms with Crippen LogP contribution in [0.25, 0.3) is 0 Å². The molecule has 0 bridgehead atoms. The molecule has 0 aromatic rings. The summed E-state index contributed by atoms with van der Waals surface area (Å²) in [4.78, 5) is 9.00. The van der Waals surface area contributed by atoms with Crippen LogP contribution in [0, 0.1) is 0 Å². The molecular weight excluding hydrogens is 353 g/mol. The van der Waals surface area contributed by atoms with Crippen molar-refractivity contribution in [2.24, 2.45) is 0 Å². The summed E-state index contributed by atoms with van der Waals surface area (Å²) in [5.74, 6) is -0.833. The Morgan fingerprint density at radius 2 is 1.57 bits per heavy atom. The minimum Gasteiger partial charge on any atom is -0.481 e. The second-order valence-electron chi connectivity index (χ2n) is 0.519. The zero-order valence-electron chi connectivity index (χ0n) is 3.38. The molecule has 53 valence electrons. The first-order chi connectivity index (χ1) is 1.73. The molecule has 5 heteroatoms. The third-order valence-corrected chi connectivity index (χ3v) is 0. The van der Waals surface area contributed by atoms with Gasteiger partial charge in [-0.1, -0.05) is 0 Å². The fraction of sp³-hybridized carbons (Fsp3) is 0.500. The van der Waals surface area contributed by atoms with Crippen LogP contribution in [0.1, 0.15) is 6.92 Å². The Hall–Kier alpha value is 1.38. The van der Waals surface area contributed by atoms with E-state index in [1.54, 1.807) is 0 Å². The van der Waals surface area contributed by atoms with Gasteiger partial charge in [0.25, 0.3) is 5.97 Å². The number of carboxylic acid groups (broad SMARTS) is 1. The van der Waals surface area contributed by atoms with Crippen molar-refractivity contribution in [2.45, 2.75) is 6.92 Å². The van der Waals surface area contributed by atoms with Gasteiger partial charge in [0.2, 0.25) is 0 Å². The van der Waals surface area contributed by atoms with Crippen molar-refractivity contribution in [3.63, 3.8) is 0 Å². The van der Waals surface area contributed by atoms with Crippen LogP contribution in [0.5, 0.6) is 0 Å². The number of carboxylic acids is 1. The molecule has 0 atom stereocenters. The van der Waals surface area contributed by atoms with Gasteiger partial charge in [-0.2, -0.15) is 0 Å². The molecule has 0 saturated carbocycles. The fourth-order valence-electron chi connectivity index (χ4n) is 0. The minimum absolute atomic E-state index is 0. The second kappa shape index (κ2) is 15.7. The van der Waals surface area contributed by atoms with Gasteiger partial charge in [0.05, 0.1) is 0 Å². The number of rotatable bonds is 0. The third kappa shape index (κ3) is 112. The second-order valence-corrected chi connectivity index (χ2v) is 0.519. The van der Waals surface area contributed by atoms with Crippen molar-refractivity contribution in [1.29, 1.82) is 0 Å². The number of hydrogen-bond donors (Lipinski definition) is 1. The monoisotopic (exact) mass is 357 g/mol. The van der Waals surface area contributed by atoms with E-state index < -0.39 is 5.97 Å². The maximum absolute atomic E-state index is 9.00. The summed E-state index contributed by atoms with van der Waals surface area (Å²) in [5.41, 5.74) is 0.